The largest absolute Gasteiger partial charge is 0.458 e. The second-order valence-electron chi connectivity index (χ2n) is 19.3. The summed E-state index contributed by atoms with van der Waals surface area (Å²) in [6.07, 6.45) is 5.74. The van der Waals surface area contributed by atoms with Crippen LogP contribution in [-0.4, -0.2) is 14.1 Å². The Balaban J connectivity index is 1.09. The van der Waals surface area contributed by atoms with Gasteiger partial charge in [0.2, 0.25) is 0 Å². The fraction of sp³-hybridized carbons (Fsp3) is 0.236. The van der Waals surface area contributed by atoms with Gasteiger partial charge in [-0.15, -0.1) is 0 Å². The van der Waals surface area contributed by atoms with E-state index < -0.39 is 0 Å². The van der Waals surface area contributed by atoms with E-state index in [9.17, 15) is 0 Å². The van der Waals surface area contributed by atoms with Crippen molar-refractivity contribution in [2.24, 2.45) is 0 Å². The van der Waals surface area contributed by atoms with Gasteiger partial charge in [-0.3, -0.25) is 13.7 Å². The predicted octanol–water partition coefficient (Wildman–Crippen LogP) is 13.9. The Labute approximate surface area is 354 Å². The van der Waals surface area contributed by atoms with Crippen molar-refractivity contribution in [3.63, 3.8) is 0 Å². The van der Waals surface area contributed by atoms with Crippen molar-refractivity contribution < 1.29 is 9.30 Å². The molecular weight excluding hydrogens is 733 g/mol. The number of nitrogens with zero attached hydrogens (tertiary/aromatic N) is 4. The van der Waals surface area contributed by atoms with Crippen LogP contribution in [-0.2, 0) is 16.2 Å². The van der Waals surface area contributed by atoms with E-state index in [2.05, 4.69) is 223 Å². The van der Waals surface area contributed by atoms with E-state index in [1.165, 1.54) is 33.2 Å². The molecule has 0 radical (unpaired) electrons. The first-order chi connectivity index (χ1) is 28.5. The molecule has 60 heavy (non-hydrogen) atoms. The molecule has 0 unspecified atom stereocenters. The molecule has 0 N–H and O–H groups in total. The zero-order chi connectivity index (χ0) is 42.1. The van der Waals surface area contributed by atoms with Gasteiger partial charge in [0, 0.05) is 28.6 Å². The third-order valence-corrected chi connectivity index (χ3v) is 11.8. The highest BCUT2D eigenvalue weighted by atomic mass is 16.5. The van der Waals surface area contributed by atoms with E-state index in [1.807, 2.05) is 12.3 Å². The summed E-state index contributed by atoms with van der Waals surface area (Å²) in [6.45, 7) is 22.6. The van der Waals surface area contributed by atoms with Gasteiger partial charge in [-0.1, -0.05) is 141 Å². The first-order valence-corrected chi connectivity index (χ1v) is 21.0. The van der Waals surface area contributed by atoms with Crippen LogP contribution in [0.15, 0.2) is 146 Å². The minimum Gasteiger partial charge on any atom is -0.458 e. The highest BCUT2D eigenvalue weighted by molar-refractivity contribution is 6.09. The zero-order valence-electron chi connectivity index (χ0n) is 36.6. The van der Waals surface area contributed by atoms with Crippen LogP contribution in [0.5, 0.6) is 11.5 Å². The van der Waals surface area contributed by atoms with Gasteiger partial charge in [-0.25, -0.2) is 4.98 Å². The number of aromatic nitrogens is 4. The molecule has 6 aromatic carbocycles. The third-order valence-electron chi connectivity index (χ3n) is 11.8. The molecule has 300 valence electrons. The molecule has 0 bridgehead atoms. The van der Waals surface area contributed by atoms with Gasteiger partial charge < -0.3 is 4.74 Å². The summed E-state index contributed by atoms with van der Waals surface area (Å²) in [5.74, 6) is 2.37. The molecule has 0 aliphatic carbocycles. The van der Waals surface area contributed by atoms with Crippen LogP contribution in [0.1, 0.15) is 84.6 Å². The Morgan fingerprint density at radius 3 is 1.87 bits per heavy atom. The van der Waals surface area contributed by atoms with E-state index in [-0.39, 0.29) is 16.2 Å². The standard InChI is InChI=1S/C55H54N4O/c1-36-28-52(56-34-47(36)37-22-24-38(25-23-37)53(2,3)4)59-48-19-12-11-18-45(48)46-27-26-44(33-51(46)59)60-43-17-15-16-41(32-43)57-35-58(50-21-14-13-20-49(50)57)42-30-39(54(5,6)7)29-40(31-42)55(8,9)10/h11-34H,1-10H3. The Hall–Kier alpha value is -6.46. The lowest BCUT2D eigenvalue weighted by Gasteiger charge is -2.26. The van der Waals surface area contributed by atoms with E-state index in [4.69, 9.17) is 9.72 Å². The second-order valence-corrected chi connectivity index (χ2v) is 19.3. The Morgan fingerprint density at radius 2 is 1.18 bits per heavy atom. The highest BCUT2D eigenvalue weighted by Crippen LogP contribution is 2.37. The average Bonchev–Trinajstić information content (AvgIpc) is 3.76. The van der Waals surface area contributed by atoms with Crippen LogP contribution in [0.4, 0.5) is 0 Å². The van der Waals surface area contributed by atoms with Crippen molar-refractivity contribution in [1.29, 1.82) is 0 Å². The SMILES string of the molecule is Cc1cc(-n2c3ccccc3c3ccc(Oc4cccc(-n5[c-][n+](-c6cc(C(C)(C)C)cc(C(C)(C)C)c6)c6ccccc65)c4)cc32)ncc1-c1ccc(C(C)(C)C)cc1. The van der Waals surface area contributed by atoms with E-state index >= 15 is 0 Å². The smallest absolute Gasteiger partial charge is 0.269 e. The first kappa shape index (κ1) is 39.0. The molecule has 5 heteroatoms. The fourth-order valence-corrected chi connectivity index (χ4v) is 8.25. The first-order valence-electron chi connectivity index (χ1n) is 21.0. The van der Waals surface area contributed by atoms with Crippen LogP contribution in [0, 0.1) is 13.3 Å². The van der Waals surface area contributed by atoms with Crippen molar-refractivity contribution in [2.75, 3.05) is 0 Å². The zero-order valence-corrected chi connectivity index (χ0v) is 36.6. The summed E-state index contributed by atoms with van der Waals surface area (Å²) in [4.78, 5) is 5.08. The number of pyridine rings is 1. The number of imidazole rings is 1. The van der Waals surface area contributed by atoms with Gasteiger partial charge in [0.15, 0.2) is 0 Å². The normalized spacial score (nSPS) is 12.5. The number of ether oxygens (including phenoxy) is 1. The van der Waals surface area contributed by atoms with Crippen LogP contribution in [0.2, 0.25) is 0 Å². The van der Waals surface area contributed by atoms with Crippen LogP contribution < -0.4 is 9.30 Å². The van der Waals surface area contributed by atoms with E-state index in [0.717, 1.165) is 61.7 Å². The fourth-order valence-electron chi connectivity index (χ4n) is 8.25. The number of aryl methyl sites for hydroxylation is 1. The average molecular weight is 787 g/mol. The maximum atomic E-state index is 6.71. The summed E-state index contributed by atoms with van der Waals surface area (Å²) < 4.78 is 13.3. The molecule has 0 fully saturated rings. The summed E-state index contributed by atoms with van der Waals surface area (Å²) >= 11 is 0. The molecule has 0 atom stereocenters. The van der Waals surface area contributed by atoms with Gasteiger partial charge >= 0.3 is 0 Å². The van der Waals surface area contributed by atoms with Gasteiger partial charge in [-0.05, 0) is 106 Å². The van der Waals surface area contributed by atoms with Crippen molar-refractivity contribution >= 4 is 32.8 Å². The Morgan fingerprint density at radius 1 is 0.550 bits per heavy atom. The maximum Gasteiger partial charge on any atom is 0.269 e. The molecule has 3 heterocycles. The minimum atomic E-state index is -0.00254. The predicted molar refractivity (Wildman–Crippen MR) is 249 cm³/mol. The molecule has 9 rings (SSSR count). The van der Waals surface area contributed by atoms with Crippen LogP contribution in [0.25, 0.3) is 61.2 Å². The van der Waals surface area contributed by atoms with Crippen molar-refractivity contribution in [2.45, 2.75) is 85.5 Å². The van der Waals surface area contributed by atoms with Crippen molar-refractivity contribution in [1.82, 2.24) is 14.1 Å². The molecule has 0 spiro atoms. The molecular formula is C55H54N4O. The molecule has 0 saturated carbocycles. The van der Waals surface area contributed by atoms with Crippen molar-refractivity contribution in [3.8, 4) is 39.8 Å². The number of rotatable bonds is 6. The summed E-state index contributed by atoms with van der Waals surface area (Å²) in [5.41, 5.74) is 13.9. The van der Waals surface area contributed by atoms with Gasteiger partial charge in [0.25, 0.3) is 6.33 Å². The van der Waals surface area contributed by atoms with Gasteiger partial charge in [-0.2, -0.15) is 0 Å². The number of hydrogen-bond acceptors (Lipinski definition) is 2. The molecule has 0 amide bonds. The van der Waals surface area contributed by atoms with Crippen molar-refractivity contribution in [3.05, 3.63) is 174 Å². The van der Waals surface area contributed by atoms with E-state index in [0.29, 0.717) is 0 Å². The molecule has 0 aliphatic heterocycles. The molecule has 5 nitrogen and oxygen atoms in total. The van der Waals surface area contributed by atoms with Crippen LogP contribution >= 0.6 is 0 Å². The molecule has 0 saturated heterocycles. The summed E-state index contributed by atoms with van der Waals surface area (Å²) in [7, 11) is 0. The topological polar surface area (TPSA) is 35.9 Å². The summed E-state index contributed by atoms with van der Waals surface area (Å²) in [6, 6.07) is 49.8. The Bertz CT molecular complexity index is 3040. The number of benzene rings is 6. The molecule has 0 aliphatic rings. The van der Waals surface area contributed by atoms with Crippen LogP contribution in [0.3, 0.4) is 0 Å². The lowest BCUT2D eigenvalue weighted by molar-refractivity contribution is -0.572. The number of para-hydroxylation sites is 3. The number of fused-ring (bicyclic) bond motifs is 4. The maximum absolute atomic E-state index is 6.71. The summed E-state index contributed by atoms with van der Waals surface area (Å²) in [5, 5.41) is 2.32. The monoisotopic (exact) mass is 786 g/mol. The second kappa shape index (κ2) is 14.4. The Kier molecular flexibility index (Phi) is 9.35. The quantitative estimate of drug-likeness (QED) is 0.124. The number of hydrogen-bond donors (Lipinski definition) is 0. The highest BCUT2D eigenvalue weighted by Gasteiger charge is 2.23. The third kappa shape index (κ3) is 7.17. The molecule has 3 aromatic heterocycles. The lowest BCUT2D eigenvalue weighted by Crippen LogP contribution is -2.31. The van der Waals surface area contributed by atoms with Gasteiger partial charge in [0.1, 0.15) is 17.3 Å². The minimum absolute atomic E-state index is 0.00254. The van der Waals surface area contributed by atoms with Gasteiger partial charge in [0.05, 0.1) is 33.4 Å². The lowest BCUT2D eigenvalue weighted by atomic mass is 9.80. The molecule has 9 aromatic rings. The van der Waals surface area contributed by atoms with E-state index in [1.54, 1.807) is 0 Å².